The monoisotopic (exact) mass is 336 g/mol. The molecule has 0 aliphatic carbocycles. The predicted octanol–water partition coefficient (Wildman–Crippen LogP) is 1.21. The summed E-state index contributed by atoms with van der Waals surface area (Å²) in [4.78, 5) is 41.5. The Morgan fingerprint density at radius 3 is 2.79 bits per heavy atom. The predicted molar refractivity (Wildman–Crippen MR) is 79.3 cm³/mol. The number of para-hydroxylation sites is 1. The van der Waals surface area contributed by atoms with E-state index in [1.54, 1.807) is 0 Å². The molecule has 2 aromatic rings. The lowest BCUT2D eigenvalue weighted by Crippen LogP contribution is -2.52. The third kappa shape index (κ3) is 2.97. The Hall–Kier alpha value is -2.84. The van der Waals surface area contributed by atoms with Crippen molar-refractivity contribution in [1.29, 1.82) is 0 Å². The van der Waals surface area contributed by atoms with Crippen molar-refractivity contribution in [3.8, 4) is 0 Å². The number of rotatable bonds is 3. The topological polar surface area (TPSA) is 104 Å². The van der Waals surface area contributed by atoms with Crippen molar-refractivity contribution in [2.45, 2.75) is 31.7 Å². The van der Waals surface area contributed by atoms with Crippen LogP contribution < -0.4 is 10.6 Å². The van der Waals surface area contributed by atoms with Gasteiger partial charge >= 0.3 is 5.92 Å². The first-order chi connectivity index (χ1) is 11.3. The normalized spacial score (nSPS) is 18.5. The van der Waals surface area contributed by atoms with E-state index in [9.17, 15) is 23.2 Å². The summed E-state index contributed by atoms with van der Waals surface area (Å²) in [5, 5.41) is 4.63. The minimum Gasteiger partial charge on any atom is -0.340 e. The van der Waals surface area contributed by atoms with E-state index in [2.05, 4.69) is 20.6 Å². The first-order valence-electron chi connectivity index (χ1n) is 7.27. The summed E-state index contributed by atoms with van der Waals surface area (Å²) < 4.78 is 26.8. The Morgan fingerprint density at radius 1 is 1.38 bits per heavy atom. The highest BCUT2D eigenvalue weighted by Gasteiger charge is 2.31. The SMILES string of the molecule is CC(F)(F)c1nc2c(C(=O)NC3CCC(=O)NC3=O)cccc2[nH]1. The van der Waals surface area contributed by atoms with E-state index < -0.39 is 35.5 Å². The molecule has 3 N–H and O–H groups in total. The molecule has 24 heavy (non-hydrogen) atoms. The van der Waals surface area contributed by atoms with Crippen molar-refractivity contribution in [1.82, 2.24) is 20.6 Å². The summed E-state index contributed by atoms with van der Waals surface area (Å²) in [6, 6.07) is 3.64. The van der Waals surface area contributed by atoms with Crippen LogP contribution in [0.15, 0.2) is 18.2 Å². The Labute approximate surface area is 134 Å². The number of aromatic nitrogens is 2. The number of carbonyl (C=O) groups excluding carboxylic acids is 3. The fourth-order valence-electron chi connectivity index (χ4n) is 2.49. The number of alkyl halides is 2. The van der Waals surface area contributed by atoms with Crippen LogP contribution in [0.25, 0.3) is 11.0 Å². The van der Waals surface area contributed by atoms with Gasteiger partial charge in [-0.2, -0.15) is 8.78 Å². The molecule has 2 heterocycles. The van der Waals surface area contributed by atoms with Gasteiger partial charge in [-0.25, -0.2) is 4.98 Å². The van der Waals surface area contributed by atoms with Gasteiger partial charge in [0.25, 0.3) is 5.91 Å². The fourth-order valence-corrected chi connectivity index (χ4v) is 2.49. The number of aromatic amines is 1. The molecule has 126 valence electrons. The summed E-state index contributed by atoms with van der Waals surface area (Å²) in [6.45, 7) is 0.702. The summed E-state index contributed by atoms with van der Waals surface area (Å²) >= 11 is 0. The number of imidazole rings is 1. The molecular weight excluding hydrogens is 322 g/mol. The summed E-state index contributed by atoms with van der Waals surface area (Å²) in [7, 11) is 0. The number of nitrogens with one attached hydrogen (secondary N) is 3. The van der Waals surface area contributed by atoms with Crippen LogP contribution in [0.2, 0.25) is 0 Å². The summed E-state index contributed by atoms with van der Waals surface area (Å²) in [5.74, 6) is -5.31. The van der Waals surface area contributed by atoms with Crippen molar-refractivity contribution in [2.75, 3.05) is 0 Å². The highest BCUT2D eigenvalue weighted by Crippen LogP contribution is 2.27. The van der Waals surface area contributed by atoms with E-state index in [4.69, 9.17) is 0 Å². The van der Waals surface area contributed by atoms with Crippen molar-refractivity contribution in [3.63, 3.8) is 0 Å². The molecule has 3 amide bonds. The first-order valence-corrected chi connectivity index (χ1v) is 7.27. The van der Waals surface area contributed by atoms with Gasteiger partial charge in [-0.15, -0.1) is 0 Å². The molecule has 9 heteroatoms. The van der Waals surface area contributed by atoms with Crippen molar-refractivity contribution in [2.24, 2.45) is 0 Å². The molecule has 1 saturated heterocycles. The number of imide groups is 1. The van der Waals surface area contributed by atoms with E-state index in [1.807, 2.05) is 0 Å². The molecule has 7 nitrogen and oxygen atoms in total. The maximum Gasteiger partial charge on any atom is 0.301 e. The largest absolute Gasteiger partial charge is 0.340 e. The van der Waals surface area contributed by atoms with Gasteiger partial charge in [0.05, 0.1) is 11.1 Å². The van der Waals surface area contributed by atoms with E-state index in [1.165, 1.54) is 18.2 Å². The molecule has 1 aliphatic rings. The number of H-pyrrole nitrogens is 1. The van der Waals surface area contributed by atoms with Gasteiger partial charge in [-0.1, -0.05) is 6.07 Å². The van der Waals surface area contributed by atoms with E-state index in [0.717, 1.165) is 0 Å². The molecule has 1 fully saturated rings. The standard InChI is InChI=1S/C15H14F2N4O3/c1-15(16,17)14-19-8-4-2-3-7(11(8)21-14)12(23)18-9-5-6-10(22)20-13(9)24/h2-4,9H,5-6H2,1H3,(H,18,23)(H,19,21)(H,20,22,24). The van der Waals surface area contributed by atoms with Gasteiger partial charge < -0.3 is 10.3 Å². The van der Waals surface area contributed by atoms with Crippen LogP contribution in [0, 0.1) is 0 Å². The molecule has 1 atom stereocenters. The molecule has 1 aromatic carbocycles. The molecule has 1 aromatic heterocycles. The van der Waals surface area contributed by atoms with Crippen molar-refractivity contribution >= 4 is 28.8 Å². The number of halogens is 2. The van der Waals surface area contributed by atoms with E-state index in [0.29, 0.717) is 12.4 Å². The molecule has 1 aliphatic heterocycles. The average Bonchev–Trinajstić information content (AvgIpc) is 2.94. The van der Waals surface area contributed by atoms with Gasteiger partial charge in [-0.05, 0) is 18.6 Å². The number of fused-ring (bicyclic) bond motifs is 1. The van der Waals surface area contributed by atoms with Crippen LogP contribution in [0.4, 0.5) is 8.78 Å². The molecule has 0 saturated carbocycles. The van der Waals surface area contributed by atoms with Crippen LogP contribution in [0.5, 0.6) is 0 Å². The maximum atomic E-state index is 13.4. The van der Waals surface area contributed by atoms with Crippen LogP contribution in [-0.4, -0.2) is 33.7 Å². The third-order valence-corrected chi connectivity index (χ3v) is 3.72. The number of nitrogens with zero attached hydrogens (tertiary/aromatic N) is 1. The quantitative estimate of drug-likeness (QED) is 0.733. The zero-order valence-electron chi connectivity index (χ0n) is 12.7. The highest BCUT2D eigenvalue weighted by molar-refractivity contribution is 6.08. The molecule has 0 bridgehead atoms. The zero-order chi connectivity index (χ0) is 17.5. The third-order valence-electron chi connectivity index (χ3n) is 3.72. The fraction of sp³-hybridized carbons (Fsp3) is 0.333. The van der Waals surface area contributed by atoms with Gasteiger partial charge in [0.1, 0.15) is 11.6 Å². The first kappa shape index (κ1) is 16.0. The smallest absolute Gasteiger partial charge is 0.301 e. The van der Waals surface area contributed by atoms with Crippen LogP contribution in [0.3, 0.4) is 0 Å². The lowest BCUT2D eigenvalue weighted by Gasteiger charge is -2.21. The van der Waals surface area contributed by atoms with Crippen LogP contribution >= 0.6 is 0 Å². The van der Waals surface area contributed by atoms with Gasteiger partial charge in [-0.3, -0.25) is 19.7 Å². The second-order valence-corrected chi connectivity index (χ2v) is 5.65. The number of piperidine rings is 1. The lowest BCUT2D eigenvalue weighted by molar-refractivity contribution is -0.134. The lowest BCUT2D eigenvalue weighted by atomic mass is 10.1. The molecule has 3 rings (SSSR count). The van der Waals surface area contributed by atoms with Gasteiger partial charge in [0.15, 0.2) is 5.82 Å². The Kier molecular flexibility index (Phi) is 3.78. The Morgan fingerprint density at radius 2 is 2.12 bits per heavy atom. The van der Waals surface area contributed by atoms with Gasteiger partial charge in [0, 0.05) is 13.3 Å². The Bertz CT molecular complexity index is 841. The zero-order valence-corrected chi connectivity index (χ0v) is 12.7. The molecule has 0 radical (unpaired) electrons. The van der Waals surface area contributed by atoms with Crippen LogP contribution in [-0.2, 0) is 15.5 Å². The second-order valence-electron chi connectivity index (χ2n) is 5.65. The average molecular weight is 336 g/mol. The minimum atomic E-state index is -3.17. The number of benzene rings is 1. The summed E-state index contributed by atoms with van der Waals surface area (Å²) in [6.07, 6.45) is 0.306. The number of hydrogen-bond acceptors (Lipinski definition) is 4. The summed E-state index contributed by atoms with van der Waals surface area (Å²) in [5.41, 5.74) is 0.463. The number of hydrogen-bond donors (Lipinski definition) is 3. The van der Waals surface area contributed by atoms with Gasteiger partial charge in [0.2, 0.25) is 11.8 Å². The van der Waals surface area contributed by atoms with E-state index in [-0.39, 0.29) is 23.9 Å². The molecule has 1 unspecified atom stereocenters. The minimum absolute atomic E-state index is 0.0731. The highest BCUT2D eigenvalue weighted by atomic mass is 19.3. The number of carbonyl (C=O) groups is 3. The van der Waals surface area contributed by atoms with Crippen molar-refractivity contribution in [3.05, 3.63) is 29.6 Å². The van der Waals surface area contributed by atoms with Crippen LogP contribution in [0.1, 0.15) is 35.9 Å². The molecule has 0 spiro atoms. The maximum absolute atomic E-state index is 13.4. The number of amides is 3. The van der Waals surface area contributed by atoms with Crippen molar-refractivity contribution < 1.29 is 23.2 Å². The molecular formula is C15H14F2N4O3. The second kappa shape index (κ2) is 5.66. The van der Waals surface area contributed by atoms with E-state index >= 15 is 0 Å². The Balaban J connectivity index is 1.88.